The van der Waals surface area contributed by atoms with Crippen molar-refractivity contribution in [2.45, 2.75) is 77.7 Å². The molecule has 2 aliphatic rings. The van der Waals surface area contributed by atoms with Crippen LogP contribution < -0.4 is 0 Å². The van der Waals surface area contributed by atoms with Gasteiger partial charge >= 0.3 is 5.97 Å². The van der Waals surface area contributed by atoms with Gasteiger partial charge in [0.25, 0.3) is 0 Å². The molecule has 4 heteroatoms. The van der Waals surface area contributed by atoms with Gasteiger partial charge in [0.15, 0.2) is 0 Å². The molecule has 2 fully saturated rings. The number of carbonyl (C=O) groups is 2. The van der Waals surface area contributed by atoms with Crippen molar-refractivity contribution in [2.24, 2.45) is 11.3 Å². The van der Waals surface area contributed by atoms with Gasteiger partial charge in [-0.1, -0.05) is 33.1 Å². The van der Waals surface area contributed by atoms with Crippen LogP contribution in [0.25, 0.3) is 0 Å². The minimum absolute atomic E-state index is 0.0562. The van der Waals surface area contributed by atoms with Gasteiger partial charge in [-0.05, 0) is 37.0 Å². The summed E-state index contributed by atoms with van der Waals surface area (Å²) >= 11 is 0. The first kappa shape index (κ1) is 16.3. The van der Waals surface area contributed by atoms with E-state index in [0.717, 1.165) is 19.4 Å². The first-order chi connectivity index (χ1) is 9.89. The van der Waals surface area contributed by atoms with Crippen molar-refractivity contribution < 1.29 is 14.7 Å². The van der Waals surface area contributed by atoms with E-state index in [2.05, 4.69) is 4.90 Å². The van der Waals surface area contributed by atoms with Crippen molar-refractivity contribution >= 4 is 11.9 Å². The molecule has 1 aliphatic heterocycles. The number of rotatable bonds is 5. The van der Waals surface area contributed by atoms with Gasteiger partial charge in [-0.3, -0.25) is 9.59 Å². The van der Waals surface area contributed by atoms with E-state index in [1.54, 1.807) is 0 Å². The number of carboxylic acids is 1. The molecule has 1 atom stereocenters. The van der Waals surface area contributed by atoms with Gasteiger partial charge in [0.2, 0.25) is 5.91 Å². The molecule has 1 saturated carbocycles. The van der Waals surface area contributed by atoms with Crippen LogP contribution in [-0.2, 0) is 9.59 Å². The molecule has 1 unspecified atom stereocenters. The third kappa shape index (κ3) is 4.45. The quantitative estimate of drug-likeness (QED) is 0.845. The standard InChI is InChI=1S/C17H29NO3/c1-17(2,12-16(20)21)11-15(19)18-10-6-9-14(18)13-7-4-3-5-8-13/h13-14H,3-12H2,1-2H3,(H,20,21). The van der Waals surface area contributed by atoms with E-state index in [4.69, 9.17) is 5.11 Å². The molecule has 0 aromatic heterocycles. The average molecular weight is 295 g/mol. The van der Waals surface area contributed by atoms with E-state index in [0.29, 0.717) is 18.4 Å². The van der Waals surface area contributed by atoms with Crippen LogP contribution in [0.3, 0.4) is 0 Å². The van der Waals surface area contributed by atoms with Crippen LogP contribution in [0.4, 0.5) is 0 Å². The third-order valence-electron chi connectivity index (χ3n) is 5.07. The molecular weight excluding hydrogens is 266 g/mol. The highest BCUT2D eigenvalue weighted by Gasteiger charge is 2.37. The van der Waals surface area contributed by atoms with Gasteiger partial charge in [0.1, 0.15) is 0 Å². The van der Waals surface area contributed by atoms with Gasteiger partial charge in [0, 0.05) is 19.0 Å². The zero-order chi connectivity index (χ0) is 15.5. The van der Waals surface area contributed by atoms with E-state index in [1.165, 1.54) is 32.1 Å². The predicted octanol–water partition coefficient (Wildman–Crippen LogP) is 3.45. The summed E-state index contributed by atoms with van der Waals surface area (Å²) in [6.07, 6.45) is 9.09. The third-order valence-corrected chi connectivity index (χ3v) is 5.07. The lowest BCUT2D eigenvalue weighted by Crippen LogP contribution is -2.42. The van der Waals surface area contributed by atoms with Crippen LogP contribution >= 0.6 is 0 Å². The Morgan fingerprint density at radius 1 is 1.05 bits per heavy atom. The smallest absolute Gasteiger partial charge is 0.303 e. The fraction of sp³-hybridized carbons (Fsp3) is 0.882. The second kappa shape index (κ2) is 6.80. The van der Waals surface area contributed by atoms with Crippen molar-refractivity contribution in [3.05, 3.63) is 0 Å². The molecule has 0 spiro atoms. The first-order valence-corrected chi connectivity index (χ1v) is 8.40. The Hall–Kier alpha value is -1.06. The Bertz CT molecular complexity index is 385. The molecule has 1 aliphatic carbocycles. The fourth-order valence-electron chi connectivity index (χ4n) is 4.09. The van der Waals surface area contributed by atoms with E-state index in [1.807, 2.05) is 13.8 Å². The topological polar surface area (TPSA) is 57.6 Å². The van der Waals surface area contributed by atoms with E-state index < -0.39 is 11.4 Å². The Balaban J connectivity index is 1.95. The van der Waals surface area contributed by atoms with Gasteiger partial charge < -0.3 is 10.0 Å². The average Bonchev–Trinajstić information content (AvgIpc) is 2.86. The number of likely N-dealkylation sites (tertiary alicyclic amines) is 1. The van der Waals surface area contributed by atoms with Crippen LogP contribution in [0.5, 0.6) is 0 Å². The molecule has 0 radical (unpaired) electrons. The van der Waals surface area contributed by atoms with Crippen LogP contribution in [0, 0.1) is 11.3 Å². The van der Waals surface area contributed by atoms with Crippen LogP contribution in [0.15, 0.2) is 0 Å². The minimum Gasteiger partial charge on any atom is -0.481 e. The Labute approximate surface area is 127 Å². The summed E-state index contributed by atoms with van der Waals surface area (Å²) in [5.41, 5.74) is -0.456. The zero-order valence-corrected chi connectivity index (χ0v) is 13.4. The summed E-state index contributed by atoms with van der Waals surface area (Å²) in [6.45, 7) is 4.62. The van der Waals surface area contributed by atoms with Crippen molar-refractivity contribution in [1.82, 2.24) is 4.90 Å². The second-order valence-electron chi connectivity index (χ2n) is 7.61. The first-order valence-electron chi connectivity index (χ1n) is 8.40. The van der Waals surface area contributed by atoms with Crippen molar-refractivity contribution in [3.8, 4) is 0 Å². The highest BCUT2D eigenvalue weighted by Crippen LogP contribution is 2.36. The Kier molecular flexibility index (Phi) is 5.28. The summed E-state index contributed by atoms with van der Waals surface area (Å²) in [4.78, 5) is 25.6. The van der Waals surface area contributed by atoms with E-state index in [9.17, 15) is 9.59 Å². The van der Waals surface area contributed by atoms with Crippen molar-refractivity contribution in [2.75, 3.05) is 6.54 Å². The number of carbonyl (C=O) groups excluding carboxylic acids is 1. The summed E-state index contributed by atoms with van der Waals surface area (Å²) < 4.78 is 0. The van der Waals surface area contributed by atoms with Crippen molar-refractivity contribution in [1.29, 1.82) is 0 Å². The van der Waals surface area contributed by atoms with E-state index in [-0.39, 0.29) is 12.3 Å². The summed E-state index contributed by atoms with van der Waals surface area (Å²) in [7, 11) is 0. The number of hydrogen-bond acceptors (Lipinski definition) is 2. The molecule has 0 aromatic carbocycles. The largest absolute Gasteiger partial charge is 0.481 e. The van der Waals surface area contributed by atoms with Gasteiger partial charge in [-0.2, -0.15) is 0 Å². The molecule has 1 saturated heterocycles. The van der Waals surface area contributed by atoms with E-state index >= 15 is 0 Å². The maximum Gasteiger partial charge on any atom is 0.303 e. The normalized spacial score (nSPS) is 24.3. The van der Waals surface area contributed by atoms with Gasteiger partial charge in [0.05, 0.1) is 6.42 Å². The second-order valence-corrected chi connectivity index (χ2v) is 7.61. The SMILES string of the molecule is CC(C)(CC(=O)O)CC(=O)N1CCCC1C1CCCCC1. The molecule has 0 bridgehead atoms. The maximum absolute atomic E-state index is 12.6. The number of nitrogens with zero attached hydrogens (tertiary/aromatic N) is 1. The van der Waals surface area contributed by atoms with Crippen LogP contribution in [-0.4, -0.2) is 34.5 Å². The molecule has 120 valence electrons. The number of aliphatic carboxylic acids is 1. The van der Waals surface area contributed by atoms with Crippen LogP contribution in [0.1, 0.15) is 71.6 Å². The monoisotopic (exact) mass is 295 g/mol. The summed E-state index contributed by atoms with van der Waals surface area (Å²) in [5, 5.41) is 8.96. The highest BCUT2D eigenvalue weighted by atomic mass is 16.4. The lowest BCUT2D eigenvalue weighted by molar-refractivity contribution is -0.141. The maximum atomic E-state index is 12.6. The minimum atomic E-state index is -0.821. The van der Waals surface area contributed by atoms with Crippen LogP contribution in [0.2, 0.25) is 0 Å². The van der Waals surface area contributed by atoms with Gasteiger partial charge in [-0.25, -0.2) is 0 Å². The summed E-state index contributed by atoms with van der Waals surface area (Å²) in [5.74, 6) is 0.0140. The molecule has 21 heavy (non-hydrogen) atoms. The molecule has 4 nitrogen and oxygen atoms in total. The number of hydrogen-bond donors (Lipinski definition) is 1. The highest BCUT2D eigenvalue weighted by molar-refractivity contribution is 5.78. The fourth-order valence-corrected chi connectivity index (χ4v) is 4.09. The lowest BCUT2D eigenvalue weighted by Gasteiger charge is -2.35. The molecule has 1 N–H and O–H groups in total. The zero-order valence-electron chi connectivity index (χ0n) is 13.4. The molecule has 1 amide bonds. The molecule has 2 rings (SSSR count). The summed E-state index contributed by atoms with van der Waals surface area (Å²) in [6, 6.07) is 0.415. The number of amides is 1. The molecule has 0 aromatic rings. The number of carboxylic acid groups (broad SMARTS) is 1. The Morgan fingerprint density at radius 3 is 2.33 bits per heavy atom. The Morgan fingerprint density at radius 2 is 1.71 bits per heavy atom. The molecular formula is C17H29NO3. The molecule has 1 heterocycles. The van der Waals surface area contributed by atoms with Crippen molar-refractivity contribution in [3.63, 3.8) is 0 Å². The lowest BCUT2D eigenvalue weighted by atomic mass is 9.82. The predicted molar refractivity (Wildman–Crippen MR) is 82.0 cm³/mol. The van der Waals surface area contributed by atoms with Gasteiger partial charge in [-0.15, -0.1) is 0 Å².